The van der Waals surface area contributed by atoms with Crippen molar-refractivity contribution in [2.75, 3.05) is 23.3 Å². The first-order valence-electron chi connectivity index (χ1n) is 11.8. The minimum Gasteiger partial charge on any atom is -0.473 e. The van der Waals surface area contributed by atoms with Gasteiger partial charge in [0.1, 0.15) is 11.5 Å². The Bertz CT molecular complexity index is 1300. The molecule has 2 heterocycles. The van der Waals surface area contributed by atoms with Gasteiger partial charge in [0.25, 0.3) is 0 Å². The van der Waals surface area contributed by atoms with Crippen molar-refractivity contribution in [3.8, 4) is 11.5 Å². The van der Waals surface area contributed by atoms with Crippen molar-refractivity contribution in [3.63, 3.8) is 0 Å². The van der Waals surface area contributed by atoms with E-state index in [2.05, 4.69) is 95.6 Å². The van der Waals surface area contributed by atoms with Gasteiger partial charge in [-0.25, -0.2) is 0 Å². The van der Waals surface area contributed by atoms with Crippen LogP contribution in [0.2, 0.25) is 0 Å². The Morgan fingerprint density at radius 1 is 0.618 bits per heavy atom. The van der Waals surface area contributed by atoms with E-state index in [1.165, 1.54) is 39.2 Å². The number of hydrogen-bond acceptors (Lipinski definition) is 4. The SMILES string of the molecule is Cc1cccc2c1CN(c1ccc(Cc3ccc(N4COc5ccccc5C4)cc3)cc1)CO2. The molecule has 2 aliphatic rings. The molecule has 0 atom stereocenters. The fraction of sp³-hybridized carbons (Fsp3) is 0.200. The van der Waals surface area contributed by atoms with Crippen LogP contribution in [-0.4, -0.2) is 13.5 Å². The third-order valence-corrected chi connectivity index (χ3v) is 6.81. The zero-order valence-corrected chi connectivity index (χ0v) is 19.4. The summed E-state index contributed by atoms with van der Waals surface area (Å²) < 4.78 is 11.9. The minimum atomic E-state index is 0.585. The van der Waals surface area contributed by atoms with Crippen LogP contribution in [0.15, 0.2) is 91.0 Å². The van der Waals surface area contributed by atoms with Gasteiger partial charge in [0, 0.05) is 29.0 Å². The Kier molecular flexibility index (Phi) is 5.34. The van der Waals surface area contributed by atoms with Gasteiger partial charge in [-0.15, -0.1) is 0 Å². The Morgan fingerprint density at radius 2 is 1.21 bits per heavy atom. The third-order valence-electron chi connectivity index (χ3n) is 6.81. The van der Waals surface area contributed by atoms with E-state index in [-0.39, 0.29) is 0 Å². The number of fused-ring (bicyclic) bond motifs is 2. The van der Waals surface area contributed by atoms with Crippen LogP contribution in [0, 0.1) is 6.92 Å². The molecule has 6 rings (SSSR count). The van der Waals surface area contributed by atoms with E-state index >= 15 is 0 Å². The summed E-state index contributed by atoms with van der Waals surface area (Å²) in [7, 11) is 0. The first-order chi connectivity index (χ1) is 16.7. The van der Waals surface area contributed by atoms with Crippen LogP contribution in [0.3, 0.4) is 0 Å². The summed E-state index contributed by atoms with van der Waals surface area (Å²) in [6.07, 6.45) is 0.915. The molecule has 0 spiro atoms. The van der Waals surface area contributed by atoms with Crippen molar-refractivity contribution < 1.29 is 9.47 Å². The molecule has 4 heteroatoms. The maximum atomic E-state index is 5.99. The monoisotopic (exact) mass is 448 g/mol. The van der Waals surface area contributed by atoms with Gasteiger partial charge in [-0.1, -0.05) is 54.6 Å². The van der Waals surface area contributed by atoms with Gasteiger partial charge in [-0.05, 0) is 66.4 Å². The Hall–Kier alpha value is -3.92. The maximum Gasteiger partial charge on any atom is 0.161 e. The number of ether oxygens (including phenoxy) is 2. The lowest BCUT2D eigenvalue weighted by Crippen LogP contribution is -2.32. The molecule has 0 N–H and O–H groups in total. The van der Waals surface area contributed by atoms with Crippen molar-refractivity contribution in [1.82, 2.24) is 0 Å². The molecule has 4 nitrogen and oxygen atoms in total. The Labute approximate surface area is 201 Å². The maximum absolute atomic E-state index is 5.99. The van der Waals surface area contributed by atoms with E-state index in [9.17, 15) is 0 Å². The highest BCUT2D eigenvalue weighted by Crippen LogP contribution is 2.31. The molecule has 0 aromatic heterocycles. The molecular weight excluding hydrogens is 420 g/mol. The average molecular weight is 449 g/mol. The minimum absolute atomic E-state index is 0.585. The fourth-order valence-electron chi connectivity index (χ4n) is 4.79. The quantitative estimate of drug-likeness (QED) is 0.366. The molecule has 0 amide bonds. The second kappa shape index (κ2) is 8.79. The number of rotatable bonds is 4. The van der Waals surface area contributed by atoms with Gasteiger partial charge in [0.05, 0.1) is 6.54 Å². The van der Waals surface area contributed by atoms with Crippen LogP contribution in [0.25, 0.3) is 0 Å². The Morgan fingerprint density at radius 3 is 1.91 bits per heavy atom. The number of para-hydroxylation sites is 1. The second-order valence-corrected chi connectivity index (χ2v) is 9.11. The molecular formula is C30H28N2O2. The molecule has 0 fully saturated rings. The van der Waals surface area contributed by atoms with E-state index in [0.29, 0.717) is 13.5 Å². The van der Waals surface area contributed by atoms with Crippen molar-refractivity contribution in [3.05, 3.63) is 119 Å². The van der Waals surface area contributed by atoms with Crippen LogP contribution in [0.5, 0.6) is 11.5 Å². The van der Waals surface area contributed by atoms with Crippen molar-refractivity contribution in [1.29, 1.82) is 0 Å². The number of anilines is 2. The van der Waals surface area contributed by atoms with Gasteiger partial charge in [-0.3, -0.25) is 0 Å². The Balaban J connectivity index is 1.10. The second-order valence-electron chi connectivity index (χ2n) is 9.11. The van der Waals surface area contributed by atoms with Crippen molar-refractivity contribution >= 4 is 11.4 Å². The fourth-order valence-corrected chi connectivity index (χ4v) is 4.79. The molecule has 34 heavy (non-hydrogen) atoms. The topological polar surface area (TPSA) is 24.9 Å². The average Bonchev–Trinajstić information content (AvgIpc) is 2.89. The van der Waals surface area contributed by atoms with E-state index in [1.54, 1.807) is 0 Å². The highest BCUT2D eigenvalue weighted by molar-refractivity contribution is 5.54. The lowest BCUT2D eigenvalue weighted by Gasteiger charge is -2.31. The van der Waals surface area contributed by atoms with E-state index < -0.39 is 0 Å². The lowest BCUT2D eigenvalue weighted by atomic mass is 10.0. The zero-order valence-electron chi connectivity index (χ0n) is 19.4. The van der Waals surface area contributed by atoms with E-state index in [4.69, 9.17) is 9.47 Å². The highest BCUT2D eigenvalue weighted by Gasteiger charge is 2.19. The number of nitrogens with zero attached hydrogens (tertiary/aromatic N) is 2. The first kappa shape index (κ1) is 20.7. The molecule has 0 bridgehead atoms. The molecule has 4 aromatic rings. The van der Waals surface area contributed by atoms with Crippen molar-refractivity contribution in [2.45, 2.75) is 26.4 Å². The molecule has 0 aliphatic carbocycles. The van der Waals surface area contributed by atoms with Crippen LogP contribution in [0.1, 0.15) is 27.8 Å². The molecule has 0 unspecified atom stereocenters. The van der Waals surface area contributed by atoms with Gasteiger partial charge in [0.2, 0.25) is 0 Å². The normalized spacial score (nSPS) is 14.6. The summed E-state index contributed by atoms with van der Waals surface area (Å²) in [5.41, 5.74) is 8.79. The summed E-state index contributed by atoms with van der Waals surface area (Å²) in [6.45, 7) is 5.08. The van der Waals surface area contributed by atoms with E-state index in [0.717, 1.165) is 31.0 Å². The predicted molar refractivity (Wildman–Crippen MR) is 137 cm³/mol. The summed E-state index contributed by atoms with van der Waals surface area (Å²) in [5.74, 6) is 2.01. The third kappa shape index (κ3) is 4.08. The first-order valence-corrected chi connectivity index (χ1v) is 11.8. The zero-order chi connectivity index (χ0) is 22.9. The smallest absolute Gasteiger partial charge is 0.161 e. The molecule has 0 saturated carbocycles. The lowest BCUT2D eigenvalue weighted by molar-refractivity contribution is 0.289. The van der Waals surface area contributed by atoms with Crippen LogP contribution in [-0.2, 0) is 19.5 Å². The molecule has 0 radical (unpaired) electrons. The standard InChI is InChI=1S/C30H28N2O2/c1-22-5-4-8-30-28(22)19-32(21-34-30)27-15-11-24(12-16-27)17-23-9-13-26(14-10-23)31-18-25-6-2-3-7-29(25)33-20-31/h2-16H,17-21H2,1H3. The molecule has 2 aliphatic heterocycles. The number of aryl methyl sites for hydroxylation is 1. The van der Waals surface area contributed by atoms with E-state index in [1.807, 2.05) is 12.1 Å². The predicted octanol–water partition coefficient (Wildman–Crippen LogP) is 6.30. The molecule has 4 aromatic carbocycles. The summed E-state index contributed by atoms with van der Waals surface area (Å²) in [5, 5.41) is 0. The van der Waals surface area contributed by atoms with Gasteiger partial charge in [0.15, 0.2) is 13.5 Å². The van der Waals surface area contributed by atoms with Gasteiger partial charge in [-0.2, -0.15) is 0 Å². The van der Waals surface area contributed by atoms with Crippen LogP contribution < -0.4 is 19.3 Å². The number of benzene rings is 4. The van der Waals surface area contributed by atoms with Crippen LogP contribution in [0.4, 0.5) is 11.4 Å². The van der Waals surface area contributed by atoms with Gasteiger partial charge < -0.3 is 19.3 Å². The summed E-state index contributed by atoms with van der Waals surface area (Å²) in [4.78, 5) is 4.55. The molecule has 170 valence electrons. The van der Waals surface area contributed by atoms with Crippen molar-refractivity contribution in [2.24, 2.45) is 0 Å². The highest BCUT2D eigenvalue weighted by atomic mass is 16.5. The summed E-state index contributed by atoms with van der Waals surface area (Å²) in [6, 6.07) is 32.3. The largest absolute Gasteiger partial charge is 0.473 e. The summed E-state index contributed by atoms with van der Waals surface area (Å²) >= 11 is 0. The number of hydrogen-bond donors (Lipinski definition) is 0. The molecule has 0 saturated heterocycles. The van der Waals surface area contributed by atoms with Gasteiger partial charge >= 0.3 is 0 Å². The van der Waals surface area contributed by atoms with Crippen LogP contribution >= 0.6 is 0 Å².